The van der Waals surface area contributed by atoms with Gasteiger partial charge in [0.25, 0.3) is 0 Å². The number of para-hydroxylation sites is 1. The van der Waals surface area contributed by atoms with Gasteiger partial charge in [-0.3, -0.25) is 4.90 Å². The number of aromatic nitrogens is 2. The lowest BCUT2D eigenvalue weighted by Crippen LogP contribution is -2.79. The van der Waals surface area contributed by atoms with Crippen molar-refractivity contribution in [2.24, 2.45) is 0 Å². The second kappa shape index (κ2) is 12.6. The Labute approximate surface area is 204 Å². The van der Waals surface area contributed by atoms with E-state index in [9.17, 15) is 0 Å². The monoisotopic (exact) mass is 455 g/mol. The van der Waals surface area contributed by atoms with E-state index < -0.39 is 0 Å². The van der Waals surface area contributed by atoms with Crippen LogP contribution in [0.3, 0.4) is 0 Å². The van der Waals surface area contributed by atoms with Gasteiger partial charge >= 0.3 is 0 Å². The Hall–Kier alpha value is -2.82. The molecule has 0 aliphatic rings. The number of benzene rings is 3. The number of hydrogen-bond acceptors (Lipinski definition) is 3. The maximum Gasteiger partial charge on any atom is 0.143 e. The summed E-state index contributed by atoms with van der Waals surface area (Å²) in [4.78, 5) is 12.5. The van der Waals surface area contributed by atoms with Crippen LogP contribution in [-0.4, -0.2) is 35.0 Å². The van der Waals surface area contributed by atoms with E-state index in [1.807, 2.05) is 0 Å². The van der Waals surface area contributed by atoms with E-state index in [2.05, 4.69) is 90.9 Å². The van der Waals surface area contributed by atoms with E-state index in [1.54, 1.807) is 0 Å². The Morgan fingerprint density at radius 1 is 0.794 bits per heavy atom. The highest BCUT2D eigenvalue weighted by Gasteiger charge is 2.12. The van der Waals surface area contributed by atoms with Gasteiger partial charge in [0.1, 0.15) is 5.82 Å². The second-order valence-electron chi connectivity index (χ2n) is 9.36. The largest absolute Gasteiger partial charge is 0.349 e. The van der Waals surface area contributed by atoms with Crippen LogP contribution in [0.2, 0.25) is 0 Å². The predicted octanol–water partition coefficient (Wildman–Crippen LogP) is 5.49. The molecule has 0 saturated carbocycles. The minimum Gasteiger partial charge on any atom is -0.349 e. The number of quaternary nitrogens is 1. The maximum absolute atomic E-state index is 5.09. The zero-order chi connectivity index (χ0) is 23.6. The van der Waals surface area contributed by atoms with E-state index in [0.29, 0.717) is 0 Å². The Kier molecular flexibility index (Phi) is 9.00. The Balaban J connectivity index is 1.49. The second-order valence-corrected chi connectivity index (χ2v) is 9.36. The minimum absolute atomic E-state index is 0.783. The molecule has 0 aliphatic heterocycles. The van der Waals surface area contributed by atoms with Gasteiger partial charge in [-0.15, -0.1) is 0 Å². The lowest BCUT2D eigenvalue weighted by Gasteiger charge is -2.22. The van der Waals surface area contributed by atoms with Gasteiger partial charge in [-0.25, -0.2) is 9.97 Å². The first kappa shape index (κ1) is 24.3. The van der Waals surface area contributed by atoms with E-state index in [1.165, 1.54) is 59.6 Å². The lowest BCUT2D eigenvalue weighted by molar-refractivity contribution is -0.627. The predicted molar refractivity (Wildman–Crippen MR) is 143 cm³/mol. The molecule has 4 aromatic rings. The van der Waals surface area contributed by atoms with Gasteiger partial charge in [0.05, 0.1) is 31.3 Å². The molecule has 0 atom stereocenters. The van der Waals surface area contributed by atoms with E-state index in [0.717, 1.165) is 43.8 Å². The zero-order valence-electron chi connectivity index (χ0n) is 20.8. The molecule has 2 N–H and O–H groups in total. The molecule has 0 unspecified atom stereocenters. The van der Waals surface area contributed by atoms with Crippen LogP contribution >= 0.6 is 0 Å². The molecule has 4 heteroatoms. The smallest absolute Gasteiger partial charge is 0.143 e. The van der Waals surface area contributed by atoms with Gasteiger partial charge in [-0.05, 0) is 67.1 Å². The fraction of sp³-hybridized carbons (Fsp3) is 0.400. The van der Waals surface area contributed by atoms with Crippen LogP contribution in [0.25, 0.3) is 21.7 Å². The van der Waals surface area contributed by atoms with E-state index >= 15 is 0 Å². The average Bonchev–Trinajstić information content (AvgIpc) is 2.86. The number of rotatable bonds is 13. The normalized spacial score (nSPS) is 11.6. The molecule has 0 fully saturated rings. The van der Waals surface area contributed by atoms with E-state index in [4.69, 9.17) is 9.97 Å². The van der Waals surface area contributed by atoms with Crippen molar-refractivity contribution in [2.45, 2.75) is 58.5 Å². The standard InChI is InChI=1S/C30H38N4/c1-3-20-34(22-24-17-18-25-12-7-8-13-26(25)21-24)23-30-32-28(15-6-4-5-11-19-31-2)27-14-9-10-16-29(27)33-30/h7-10,12-14,16-18,21,31H,3-6,11,15,19-20,22-23H2,1-2H3/p+1. The molecular weight excluding hydrogens is 416 g/mol. The van der Waals surface area contributed by atoms with Crippen LogP contribution in [0.4, 0.5) is 0 Å². The summed E-state index contributed by atoms with van der Waals surface area (Å²) in [5.41, 5.74) is 3.63. The van der Waals surface area contributed by atoms with Crippen LogP contribution in [0.15, 0.2) is 66.7 Å². The van der Waals surface area contributed by atoms with Crippen molar-refractivity contribution < 1.29 is 5.32 Å². The van der Waals surface area contributed by atoms with Gasteiger partial charge in [-0.1, -0.05) is 67.9 Å². The number of unbranched alkanes of at least 4 members (excludes halogenated alkanes) is 3. The number of aryl methyl sites for hydroxylation is 1. The van der Waals surface area contributed by atoms with Gasteiger partial charge in [0.2, 0.25) is 0 Å². The summed E-state index contributed by atoms with van der Waals surface area (Å²) in [6, 6.07) is 23.9. The average molecular weight is 456 g/mol. The summed E-state index contributed by atoms with van der Waals surface area (Å²) in [6.45, 7) is 6.21. The third kappa shape index (κ3) is 6.62. The first-order valence-corrected chi connectivity index (χ1v) is 13.0. The summed E-state index contributed by atoms with van der Waals surface area (Å²) >= 11 is 0. The molecular formula is C30H39N4+. The Morgan fingerprint density at radius 2 is 1.59 bits per heavy atom. The number of nitrogens with zero attached hydrogens (tertiary/aromatic N) is 3. The molecule has 0 spiro atoms. The van der Waals surface area contributed by atoms with Crippen molar-refractivity contribution in [3.8, 4) is 0 Å². The van der Waals surface area contributed by atoms with Crippen LogP contribution in [0, 0.1) is 0 Å². The molecule has 0 aliphatic carbocycles. The van der Waals surface area contributed by atoms with Gasteiger partial charge in [0.15, 0.2) is 0 Å². The molecule has 1 heterocycles. The van der Waals surface area contributed by atoms with Crippen LogP contribution < -0.4 is 5.32 Å². The van der Waals surface area contributed by atoms with Gasteiger partial charge < -0.3 is 5.32 Å². The van der Waals surface area contributed by atoms with Crippen molar-refractivity contribution in [2.75, 3.05) is 20.1 Å². The van der Waals surface area contributed by atoms with Crippen LogP contribution in [-0.2, 0) is 19.5 Å². The van der Waals surface area contributed by atoms with Crippen LogP contribution in [0.5, 0.6) is 0 Å². The fourth-order valence-electron chi connectivity index (χ4n) is 4.78. The number of hydrogen-bond donors (Lipinski definition) is 1. The lowest BCUT2D eigenvalue weighted by atomic mass is 10.1. The zero-order valence-corrected chi connectivity index (χ0v) is 20.8. The first-order chi connectivity index (χ1) is 16.8. The molecule has 0 radical (unpaired) electrons. The number of nitrogens with two attached hydrogens (primary N) is 1. The molecule has 0 amide bonds. The van der Waals surface area contributed by atoms with E-state index in [-0.39, 0.29) is 0 Å². The molecule has 1 aromatic heterocycles. The maximum atomic E-state index is 5.09. The third-order valence-corrected chi connectivity index (χ3v) is 6.51. The van der Waals surface area contributed by atoms with Crippen molar-refractivity contribution in [1.82, 2.24) is 14.9 Å². The minimum atomic E-state index is 0.783. The summed E-state index contributed by atoms with van der Waals surface area (Å²) < 4.78 is 0. The van der Waals surface area contributed by atoms with Crippen molar-refractivity contribution in [1.29, 1.82) is 0 Å². The highest BCUT2D eigenvalue weighted by Crippen LogP contribution is 2.21. The van der Waals surface area contributed by atoms with Crippen LogP contribution in [0.1, 0.15) is 56.1 Å². The molecule has 178 valence electrons. The fourth-order valence-corrected chi connectivity index (χ4v) is 4.78. The molecule has 34 heavy (non-hydrogen) atoms. The molecule has 0 bridgehead atoms. The van der Waals surface area contributed by atoms with Crippen molar-refractivity contribution in [3.63, 3.8) is 0 Å². The summed E-state index contributed by atoms with van der Waals surface area (Å²) in [5, 5.41) is 6.08. The Bertz CT molecular complexity index is 1190. The molecule has 0 saturated heterocycles. The molecule has 4 rings (SSSR count). The summed E-state index contributed by atoms with van der Waals surface area (Å²) in [7, 11) is 2.15. The van der Waals surface area contributed by atoms with Gasteiger partial charge in [0, 0.05) is 11.9 Å². The highest BCUT2D eigenvalue weighted by atomic mass is 15.1. The molecule has 3 aromatic carbocycles. The topological polar surface area (TPSA) is 45.6 Å². The summed E-state index contributed by atoms with van der Waals surface area (Å²) in [5.74, 6) is 0.948. The Morgan fingerprint density at radius 3 is 2.44 bits per heavy atom. The van der Waals surface area contributed by atoms with Crippen molar-refractivity contribution in [3.05, 3.63) is 83.8 Å². The molecule has 4 nitrogen and oxygen atoms in total. The third-order valence-electron chi connectivity index (χ3n) is 6.51. The highest BCUT2D eigenvalue weighted by molar-refractivity contribution is 5.83. The first-order valence-electron chi connectivity index (χ1n) is 13.0. The summed E-state index contributed by atoms with van der Waals surface area (Å²) in [6.07, 6.45) is 7.21. The SMILES string of the molecule is CCCN(Cc1ccc2ccccc2c1)Cc1nc(CCCCCC[NH2+]C)c2ccccc2n1. The van der Waals surface area contributed by atoms with Crippen molar-refractivity contribution >= 4 is 21.7 Å². The van der Waals surface area contributed by atoms with Gasteiger partial charge in [-0.2, -0.15) is 0 Å². The quantitative estimate of drug-likeness (QED) is 0.271. The number of fused-ring (bicyclic) bond motifs is 2.